The fourth-order valence-electron chi connectivity index (χ4n) is 0.787. The fraction of sp³-hybridized carbons (Fsp3) is 0.857. The van der Waals surface area contributed by atoms with E-state index in [0.29, 0.717) is 0 Å². The Balaban J connectivity index is 0. The Hall–Kier alpha value is 0.300. The van der Waals surface area contributed by atoms with Crippen molar-refractivity contribution in [2.45, 2.75) is 6.92 Å². The summed E-state index contributed by atoms with van der Waals surface area (Å²) in [5, 5.41) is 1.31. The quantitative estimate of drug-likeness (QED) is 0.296. The molecule has 0 heterocycles. The van der Waals surface area contributed by atoms with Gasteiger partial charge in [0.2, 0.25) is 0 Å². The van der Waals surface area contributed by atoms with Gasteiger partial charge in [0.15, 0.2) is 0 Å². The number of hydrogen-bond donors (Lipinski definition) is 0. The normalized spacial score (nSPS) is 8.45. The first-order valence-corrected chi connectivity index (χ1v) is 4.42. The number of rotatable bonds is 1. The molecule has 0 unspecified atom stereocenters. The highest BCUT2D eigenvalue weighted by Crippen LogP contribution is 2.03. The molecule has 0 aliphatic carbocycles. The van der Waals surface area contributed by atoms with Gasteiger partial charge in [0.1, 0.15) is 0 Å². The van der Waals surface area contributed by atoms with Crippen LogP contribution < -0.4 is 17.0 Å². The molecule has 4 heteroatoms. The van der Waals surface area contributed by atoms with Crippen LogP contribution in [0.1, 0.15) is 6.92 Å². The molecule has 0 fully saturated rings. The van der Waals surface area contributed by atoms with Crippen LogP contribution >= 0.6 is 11.8 Å². The van der Waals surface area contributed by atoms with Crippen molar-refractivity contribution >= 4 is 16.9 Å². The Morgan fingerprint density at radius 2 is 1.82 bits per heavy atom. The third-order valence-electron chi connectivity index (χ3n) is 1.04. The van der Waals surface area contributed by atoms with E-state index in [4.69, 9.17) is 0 Å². The minimum Gasteiger partial charge on any atom is -1.00 e. The summed E-state index contributed by atoms with van der Waals surface area (Å²) in [5.74, 6) is 1.13. The van der Waals surface area contributed by atoms with Gasteiger partial charge in [-0.1, -0.05) is 6.92 Å². The maximum absolute atomic E-state index is 2.16. The van der Waals surface area contributed by atoms with Crippen molar-refractivity contribution in [1.82, 2.24) is 4.90 Å². The van der Waals surface area contributed by atoms with Gasteiger partial charge < -0.3 is 17.0 Å². The Morgan fingerprint density at radius 3 is 1.91 bits per heavy atom. The first kappa shape index (κ1) is 13.9. The third-order valence-corrected chi connectivity index (χ3v) is 2.32. The van der Waals surface area contributed by atoms with Crippen LogP contribution in [0.15, 0.2) is 0 Å². The SMILES string of the molecule is CCSC(N(C)C)=[N+](C)C.[Br-]. The predicted octanol–water partition coefficient (Wildman–Crippen LogP) is -2.07. The second-order valence-corrected chi connectivity index (χ2v) is 3.74. The van der Waals surface area contributed by atoms with Gasteiger partial charge in [-0.2, -0.15) is 0 Å². The molecular weight excluding hydrogens is 224 g/mol. The number of hydrogen-bond acceptors (Lipinski definition) is 1. The summed E-state index contributed by atoms with van der Waals surface area (Å²) in [5.41, 5.74) is 0. The second-order valence-electron chi connectivity index (χ2n) is 2.50. The van der Waals surface area contributed by atoms with E-state index in [9.17, 15) is 0 Å². The Kier molecular flexibility index (Phi) is 8.79. The van der Waals surface area contributed by atoms with Crippen LogP contribution in [0.4, 0.5) is 0 Å². The van der Waals surface area contributed by atoms with Gasteiger partial charge in [0.25, 0.3) is 0 Å². The molecule has 0 aromatic rings. The molecule has 0 N–H and O–H groups in total. The van der Waals surface area contributed by atoms with Crippen molar-refractivity contribution < 1.29 is 21.6 Å². The maximum Gasteiger partial charge on any atom is 0.307 e. The minimum absolute atomic E-state index is 0. The average molecular weight is 241 g/mol. The van der Waals surface area contributed by atoms with Gasteiger partial charge in [-0.05, 0) is 11.8 Å². The lowest BCUT2D eigenvalue weighted by Crippen LogP contribution is -3.00. The van der Waals surface area contributed by atoms with Crippen molar-refractivity contribution in [3.8, 4) is 0 Å². The van der Waals surface area contributed by atoms with E-state index in [1.165, 1.54) is 5.17 Å². The van der Waals surface area contributed by atoms with Crippen LogP contribution in [0.3, 0.4) is 0 Å². The molecule has 2 nitrogen and oxygen atoms in total. The fourth-order valence-corrected chi connectivity index (χ4v) is 1.56. The van der Waals surface area contributed by atoms with Gasteiger partial charge in [0.05, 0.1) is 28.2 Å². The van der Waals surface area contributed by atoms with E-state index in [2.05, 4.69) is 44.6 Å². The Bertz CT molecular complexity index is 130. The highest BCUT2D eigenvalue weighted by molar-refractivity contribution is 8.13. The van der Waals surface area contributed by atoms with Crippen LogP contribution in [-0.4, -0.2) is 48.6 Å². The van der Waals surface area contributed by atoms with Gasteiger partial charge in [-0.3, -0.25) is 9.48 Å². The first-order chi connectivity index (χ1) is 4.59. The largest absolute Gasteiger partial charge is 1.00 e. The molecule has 0 saturated heterocycles. The number of amidine groups is 1. The summed E-state index contributed by atoms with van der Waals surface area (Å²) in [6.45, 7) is 2.16. The molecule has 11 heavy (non-hydrogen) atoms. The molecule has 0 aromatic carbocycles. The van der Waals surface area contributed by atoms with Crippen LogP contribution in [-0.2, 0) is 0 Å². The molecule has 0 aliphatic heterocycles. The highest BCUT2D eigenvalue weighted by Gasteiger charge is 2.09. The van der Waals surface area contributed by atoms with Crippen LogP contribution in [0.2, 0.25) is 0 Å². The first-order valence-electron chi connectivity index (χ1n) is 3.44. The molecule has 0 spiro atoms. The van der Waals surface area contributed by atoms with Gasteiger partial charge in [-0.25, -0.2) is 0 Å². The average Bonchev–Trinajstić information content (AvgIpc) is 1.81. The molecule has 0 bridgehead atoms. The van der Waals surface area contributed by atoms with E-state index >= 15 is 0 Å². The van der Waals surface area contributed by atoms with Crippen LogP contribution in [0.5, 0.6) is 0 Å². The highest BCUT2D eigenvalue weighted by atomic mass is 79.9. The molecular formula is C7H17BrN2S. The van der Waals surface area contributed by atoms with Gasteiger partial charge >= 0.3 is 5.17 Å². The molecule has 0 radical (unpaired) electrons. The van der Waals surface area contributed by atoms with Crippen molar-refractivity contribution in [3.63, 3.8) is 0 Å². The van der Waals surface area contributed by atoms with E-state index in [-0.39, 0.29) is 17.0 Å². The van der Waals surface area contributed by atoms with Crippen molar-refractivity contribution in [1.29, 1.82) is 0 Å². The molecule has 68 valence electrons. The lowest BCUT2D eigenvalue weighted by Gasteiger charge is -2.08. The summed E-state index contributed by atoms with van der Waals surface area (Å²) >= 11 is 1.86. The van der Waals surface area contributed by atoms with E-state index in [1.54, 1.807) is 0 Å². The third kappa shape index (κ3) is 5.56. The van der Waals surface area contributed by atoms with Crippen LogP contribution in [0, 0.1) is 0 Å². The zero-order chi connectivity index (χ0) is 8.15. The monoisotopic (exact) mass is 240 g/mol. The second kappa shape index (κ2) is 6.98. The molecule has 0 rings (SSSR count). The van der Waals surface area contributed by atoms with Crippen LogP contribution in [0.25, 0.3) is 0 Å². The van der Waals surface area contributed by atoms with Gasteiger partial charge in [0, 0.05) is 5.75 Å². The van der Waals surface area contributed by atoms with Crippen molar-refractivity contribution in [2.24, 2.45) is 0 Å². The number of halogens is 1. The zero-order valence-electron chi connectivity index (χ0n) is 7.89. The maximum atomic E-state index is 2.16. The zero-order valence-corrected chi connectivity index (χ0v) is 10.3. The predicted molar refractivity (Wildman–Crippen MR) is 48.9 cm³/mol. The Labute approximate surface area is 84.4 Å². The van der Waals surface area contributed by atoms with E-state index < -0.39 is 0 Å². The smallest absolute Gasteiger partial charge is 0.307 e. The molecule has 0 saturated carbocycles. The summed E-state index contributed by atoms with van der Waals surface area (Å²) in [7, 11) is 8.27. The minimum atomic E-state index is 0. The van der Waals surface area contributed by atoms with Crippen molar-refractivity contribution in [3.05, 3.63) is 0 Å². The standard InChI is InChI=1S/C7H17N2S.BrH/c1-6-10-7(8(2)3)9(4)5;/h6H2,1-5H3;1H/q+1;/p-1. The van der Waals surface area contributed by atoms with Crippen molar-refractivity contribution in [2.75, 3.05) is 33.9 Å². The summed E-state index contributed by atoms with van der Waals surface area (Å²) in [6, 6.07) is 0. The topological polar surface area (TPSA) is 6.25 Å². The Morgan fingerprint density at radius 1 is 1.36 bits per heavy atom. The van der Waals surface area contributed by atoms with E-state index in [1.807, 2.05) is 11.8 Å². The number of thioether (sulfide) groups is 1. The summed E-state index contributed by atoms with van der Waals surface area (Å²) in [4.78, 5) is 2.13. The summed E-state index contributed by atoms with van der Waals surface area (Å²) in [6.07, 6.45) is 0. The molecule has 0 aliphatic rings. The molecule has 0 atom stereocenters. The number of nitrogens with zero attached hydrogens (tertiary/aromatic N) is 2. The summed E-state index contributed by atoms with van der Waals surface area (Å²) < 4.78 is 2.13. The van der Waals surface area contributed by atoms with Gasteiger partial charge in [-0.15, -0.1) is 0 Å². The lowest BCUT2D eigenvalue weighted by atomic mass is 10.9. The molecule has 0 amide bonds. The lowest BCUT2D eigenvalue weighted by molar-refractivity contribution is -0.466. The van der Waals surface area contributed by atoms with E-state index in [0.717, 1.165) is 5.75 Å². The molecule has 0 aromatic heterocycles.